The Balaban J connectivity index is 2.49. The highest BCUT2D eigenvalue weighted by atomic mass is 19.4. The van der Waals surface area contributed by atoms with E-state index in [9.17, 15) is 39.9 Å². The zero-order valence-electron chi connectivity index (χ0n) is 15.4. The van der Waals surface area contributed by atoms with Crippen molar-refractivity contribution in [2.45, 2.75) is 44.0 Å². The summed E-state index contributed by atoms with van der Waals surface area (Å²) < 4.78 is 112. The Bertz CT molecular complexity index is 861. The lowest BCUT2D eigenvalue weighted by molar-refractivity contribution is -0.237. The predicted molar refractivity (Wildman–Crippen MR) is 88.2 cm³/mol. The first-order valence-electron chi connectivity index (χ1n) is 8.52. The van der Waals surface area contributed by atoms with Crippen LogP contribution < -0.4 is 0 Å². The molecule has 12 heteroatoms. The molecule has 0 aliphatic rings. The lowest BCUT2D eigenvalue weighted by atomic mass is 9.84. The SMILES string of the molecule is CCc1cc(C(COC(=O)c2cccnc2)(C(F)F)C(F)(F)F)[nH]c1CC(F)(F)F. The molecule has 0 aliphatic carbocycles. The summed E-state index contributed by atoms with van der Waals surface area (Å²) in [7, 11) is 0. The molecular weight excluding hydrogens is 428 g/mol. The number of pyridine rings is 1. The summed E-state index contributed by atoms with van der Waals surface area (Å²) in [5, 5.41) is 0. The summed E-state index contributed by atoms with van der Waals surface area (Å²) in [6, 6.07) is 3.04. The number of aryl methyl sites for hydroxylation is 1. The van der Waals surface area contributed by atoms with Gasteiger partial charge in [0.15, 0.2) is 5.41 Å². The van der Waals surface area contributed by atoms with Crippen LogP contribution in [0.15, 0.2) is 30.6 Å². The highest BCUT2D eigenvalue weighted by Crippen LogP contribution is 2.46. The molecule has 1 atom stereocenters. The number of nitrogens with one attached hydrogen (secondary N) is 1. The number of esters is 1. The van der Waals surface area contributed by atoms with Crippen molar-refractivity contribution in [2.24, 2.45) is 0 Å². The Morgan fingerprint density at radius 2 is 1.87 bits per heavy atom. The summed E-state index contributed by atoms with van der Waals surface area (Å²) in [6.45, 7) is -0.468. The lowest BCUT2D eigenvalue weighted by Gasteiger charge is -2.33. The summed E-state index contributed by atoms with van der Waals surface area (Å²) in [5.41, 5.74) is -6.39. The average molecular weight is 444 g/mol. The number of carbonyl (C=O) groups is 1. The molecule has 0 saturated heterocycles. The van der Waals surface area contributed by atoms with Crippen molar-refractivity contribution in [1.29, 1.82) is 0 Å². The Kier molecular flexibility index (Phi) is 6.77. The number of rotatable bonds is 7. The van der Waals surface area contributed by atoms with E-state index in [1.165, 1.54) is 19.2 Å². The van der Waals surface area contributed by atoms with Gasteiger partial charge in [-0.05, 0) is 30.2 Å². The van der Waals surface area contributed by atoms with E-state index in [-0.39, 0.29) is 17.5 Å². The molecule has 0 aliphatic heterocycles. The zero-order chi connectivity index (χ0) is 22.7. The van der Waals surface area contributed by atoms with Crippen molar-refractivity contribution in [3.63, 3.8) is 0 Å². The van der Waals surface area contributed by atoms with Crippen molar-refractivity contribution in [2.75, 3.05) is 6.61 Å². The molecule has 166 valence electrons. The minimum absolute atomic E-state index is 0.130. The van der Waals surface area contributed by atoms with Gasteiger partial charge in [-0.25, -0.2) is 13.6 Å². The molecule has 0 bridgehead atoms. The van der Waals surface area contributed by atoms with E-state index >= 15 is 0 Å². The number of nitrogens with zero attached hydrogens (tertiary/aromatic N) is 1. The highest BCUT2D eigenvalue weighted by Gasteiger charge is 2.64. The standard InChI is InChI=1S/C18H16F8N2O2/c1-2-10-6-13(28-12(10)7-17(21,22)23)16(15(19)20,18(24,25)26)9-30-14(29)11-4-3-5-27-8-11/h3-6,8,15,28H,2,7,9H2,1H3. The van der Waals surface area contributed by atoms with Gasteiger partial charge in [0, 0.05) is 23.8 Å². The van der Waals surface area contributed by atoms with Crippen LogP contribution in [-0.4, -0.2) is 41.3 Å². The first-order valence-corrected chi connectivity index (χ1v) is 8.52. The maximum Gasteiger partial charge on any atom is 0.408 e. The third-order valence-electron chi connectivity index (χ3n) is 4.44. The van der Waals surface area contributed by atoms with Crippen LogP contribution in [-0.2, 0) is 23.0 Å². The monoisotopic (exact) mass is 444 g/mol. The van der Waals surface area contributed by atoms with E-state index in [0.717, 1.165) is 12.3 Å². The molecule has 0 saturated carbocycles. The minimum Gasteiger partial charge on any atom is -0.460 e. The second kappa shape index (κ2) is 8.60. The first kappa shape index (κ1) is 23.6. The van der Waals surface area contributed by atoms with Crippen LogP contribution in [0.1, 0.15) is 34.2 Å². The third-order valence-corrected chi connectivity index (χ3v) is 4.44. The van der Waals surface area contributed by atoms with Crippen LogP contribution >= 0.6 is 0 Å². The molecule has 0 aromatic carbocycles. The van der Waals surface area contributed by atoms with Crippen molar-refractivity contribution in [3.05, 3.63) is 53.1 Å². The van der Waals surface area contributed by atoms with Gasteiger partial charge in [0.25, 0.3) is 6.43 Å². The molecule has 0 spiro atoms. The quantitative estimate of drug-likeness (QED) is 0.483. The van der Waals surface area contributed by atoms with E-state index in [4.69, 9.17) is 0 Å². The Labute approximate surface area is 165 Å². The van der Waals surface area contributed by atoms with Gasteiger partial charge < -0.3 is 9.72 Å². The Hall–Kier alpha value is -2.66. The smallest absolute Gasteiger partial charge is 0.408 e. The second-order valence-corrected chi connectivity index (χ2v) is 6.42. The van der Waals surface area contributed by atoms with Crippen molar-refractivity contribution < 1.29 is 44.7 Å². The Morgan fingerprint density at radius 1 is 1.20 bits per heavy atom. The van der Waals surface area contributed by atoms with Gasteiger partial charge >= 0.3 is 18.3 Å². The number of halogens is 8. The molecule has 2 aromatic rings. The summed E-state index contributed by atoms with van der Waals surface area (Å²) in [4.78, 5) is 17.4. The van der Waals surface area contributed by atoms with Crippen molar-refractivity contribution in [3.8, 4) is 0 Å². The fraction of sp³-hybridized carbons (Fsp3) is 0.444. The maximum atomic E-state index is 13.8. The number of H-pyrrole nitrogens is 1. The normalized spacial score (nSPS) is 14.6. The van der Waals surface area contributed by atoms with Gasteiger partial charge in [-0.3, -0.25) is 4.98 Å². The summed E-state index contributed by atoms with van der Waals surface area (Å²) >= 11 is 0. The van der Waals surface area contributed by atoms with Gasteiger partial charge in [0.1, 0.15) is 6.61 Å². The largest absolute Gasteiger partial charge is 0.460 e. The molecular formula is C18H16F8N2O2. The molecule has 2 heterocycles. The number of hydrogen-bond donors (Lipinski definition) is 1. The maximum absolute atomic E-state index is 13.8. The van der Waals surface area contributed by atoms with Crippen LogP contribution in [0.4, 0.5) is 35.1 Å². The number of aromatic nitrogens is 2. The van der Waals surface area contributed by atoms with Crippen molar-refractivity contribution >= 4 is 5.97 Å². The lowest BCUT2D eigenvalue weighted by Crippen LogP contribution is -2.52. The van der Waals surface area contributed by atoms with E-state index in [2.05, 4.69) is 9.72 Å². The molecule has 2 aromatic heterocycles. The number of aromatic amines is 1. The highest BCUT2D eigenvalue weighted by molar-refractivity contribution is 5.88. The third kappa shape index (κ3) is 4.90. The Morgan fingerprint density at radius 3 is 2.33 bits per heavy atom. The van der Waals surface area contributed by atoms with Crippen molar-refractivity contribution in [1.82, 2.24) is 9.97 Å². The first-order chi connectivity index (χ1) is 13.8. The molecule has 1 N–H and O–H groups in total. The van der Waals surface area contributed by atoms with Gasteiger partial charge in [-0.1, -0.05) is 6.92 Å². The fourth-order valence-corrected chi connectivity index (χ4v) is 2.82. The van der Waals surface area contributed by atoms with Crippen LogP contribution in [0, 0.1) is 0 Å². The van der Waals surface area contributed by atoms with E-state index < -0.39 is 54.6 Å². The van der Waals surface area contributed by atoms with Crippen LogP contribution in [0.2, 0.25) is 0 Å². The molecule has 0 fully saturated rings. The summed E-state index contributed by atoms with van der Waals surface area (Å²) in [6.07, 6.45) is -14.1. The van der Waals surface area contributed by atoms with Crippen LogP contribution in [0.25, 0.3) is 0 Å². The van der Waals surface area contributed by atoms with Gasteiger partial charge in [-0.2, -0.15) is 26.3 Å². The van der Waals surface area contributed by atoms with Gasteiger partial charge in [-0.15, -0.1) is 0 Å². The molecule has 30 heavy (non-hydrogen) atoms. The van der Waals surface area contributed by atoms with Crippen LogP contribution in [0.3, 0.4) is 0 Å². The van der Waals surface area contributed by atoms with Gasteiger partial charge in [0.2, 0.25) is 0 Å². The summed E-state index contributed by atoms with van der Waals surface area (Å²) in [5.74, 6) is -1.34. The fourth-order valence-electron chi connectivity index (χ4n) is 2.82. The van der Waals surface area contributed by atoms with E-state index in [1.54, 1.807) is 0 Å². The molecule has 0 amide bonds. The van der Waals surface area contributed by atoms with Gasteiger partial charge in [0.05, 0.1) is 12.0 Å². The topological polar surface area (TPSA) is 55.0 Å². The van der Waals surface area contributed by atoms with E-state index in [0.29, 0.717) is 6.07 Å². The minimum atomic E-state index is -5.65. The zero-order valence-corrected chi connectivity index (χ0v) is 15.4. The molecule has 0 radical (unpaired) electrons. The van der Waals surface area contributed by atoms with E-state index in [1.807, 2.05) is 4.98 Å². The average Bonchev–Trinajstić information content (AvgIpc) is 3.02. The number of ether oxygens (including phenoxy) is 1. The molecule has 2 rings (SSSR count). The number of carbonyl (C=O) groups excluding carboxylic acids is 1. The molecule has 1 unspecified atom stereocenters. The van der Waals surface area contributed by atoms with Crippen LogP contribution in [0.5, 0.6) is 0 Å². The number of alkyl halides is 8. The predicted octanol–water partition coefficient (Wildman–Crippen LogP) is 5.00. The number of hydrogen-bond acceptors (Lipinski definition) is 3. The molecule has 4 nitrogen and oxygen atoms in total. The second-order valence-electron chi connectivity index (χ2n) is 6.42.